The Bertz CT molecular complexity index is 472. The molecule has 1 rings (SSSR count). The van der Waals surface area contributed by atoms with Crippen molar-refractivity contribution in [3.05, 3.63) is 35.9 Å². The molecule has 0 fully saturated rings. The van der Waals surface area contributed by atoms with Crippen LogP contribution in [-0.2, 0) is 9.59 Å². The monoisotopic (exact) mass is 250 g/mol. The van der Waals surface area contributed by atoms with Crippen LogP contribution in [0.2, 0.25) is 0 Å². The summed E-state index contributed by atoms with van der Waals surface area (Å²) in [7, 11) is 0. The van der Waals surface area contributed by atoms with Crippen LogP contribution in [0.3, 0.4) is 0 Å². The number of rotatable bonds is 4. The number of carbonyl (C=O) groups excluding carboxylic acids is 2. The third kappa shape index (κ3) is 3.31. The number of hydrogen-bond acceptors (Lipinski definition) is 3. The second kappa shape index (κ2) is 5.31. The van der Waals surface area contributed by atoms with E-state index >= 15 is 0 Å². The van der Waals surface area contributed by atoms with Crippen LogP contribution in [0.1, 0.15) is 24.2 Å². The van der Waals surface area contributed by atoms with E-state index in [0.29, 0.717) is 5.56 Å². The molecule has 0 aliphatic heterocycles. The molecule has 0 unspecified atom stereocenters. The molecule has 2 amide bonds. The zero-order valence-electron chi connectivity index (χ0n) is 10.1. The lowest BCUT2D eigenvalue weighted by Gasteiger charge is -2.26. The Labute approximate surface area is 104 Å². The minimum atomic E-state index is -1.83. The first-order valence-electron chi connectivity index (χ1n) is 5.25. The van der Waals surface area contributed by atoms with Crippen LogP contribution >= 0.6 is 0 Å². The van der Waals surface area contributed by atoms with Crippen molar-refractivity contribution < 1.29 is 19.5 Å². The van der Waals surface area contributed by atoms with Gasteiger partial charge in [0.15, 0.2) is 0 Å². The van der Waals surface area contributed by atoms with Crippen molar-refractivity contribution in [1.82, 2.24) is 10.6 Å². The van der Waals surface area contributed by atoms with E-state index in [0.717, 1.165) is 0 Å². The molecule has 0 radical (unpaired) electrons. The fourth-order valence-corrected chi connectivity index (χ4v) is 1.38. The maximum atomic E-state index is 11.8. The van der Waals surface area contributed by atoms with Gasteiger partial charge in [0.2, 0.25) is 11.6 Å². The van der Waals surface area contributed by atoms with Crippen LogP contribution in [0.15, 0.2) is 30.3 Å². The highest BCUT2D eigenvalue weighted by Gasteiger charge is 2.35. The normalized spacial score (nSPS) is 13.2. The van der Waals surface area contributed by atoms with Crippen molar-refractivity contribution >= 4 is 17.8 Å². The van der Waals surface area contributed by atoms with Gasteiger partial charge in [-0.2, -0.15) is 0 Å². The Kier molecular flexibility index (Phi) is 4.04. The van der Waals surface area contributed by atoms with Crippen molar-refractivity contribution in [2.45, 2.75) is 19.5 Å². The molecular weight excluding hydrogens is 236 g/mol. The Balaban J connectivity index is 2.88. The highest BCUT2D eigenvalue weighted by Crippen LogP contribution is 2.04. The third-order valence-corrected chi connectivity index (χ3v) is 2.25. The van der Waals surface area contributed by atoms with Crippen molar-refractivity contribution in [2.75, 3.05) is 0 Å². The standard InChI is InChI=1S/C12H14N2O4/c1-8(15)13-12(2,11(17)18)14-10(16)9-6-4-3-5-7-9/h3-7H,1-2H3,(H,13,15)(H,14,16)(H,17,18)/t12-/m0/s1. The van der Waals surface area contributed by atoms with Gasteiger partial charge in [0.05, 0.1) is 0 Å². The molecule has 0 saturated heterocycles. The summed E-state index contributed by atoms with van der Waals surface area (Å²) in [5, 5.41) is 13.5. The molecule has 6 heteroatoms. The molecule has 0 heterocycles. The van der Waals surface area contributed by atoms with Crippen molar-refractivity contribution in [3.8, 4) is 0 Å². The van der Waals surface area contributed by atoms with Gasteiger partial charge in [0.25, 0.3) is 5.91 Å². The number of aliphatic carboxylic acids is 1. The molecule has 1 aromatic rings. The fraction of sp³-hybridized carbons (Fsp3) is 0.250. The van der Waals surface area contributed by atoms with Crippen LogP contribution in [0, 0.1) is 0 Å². The smallest absolute Gasteiger partial charge is 0.350 e. The van der Waals surface area contributed by atoms with Gasteiger partial charge in [0.1, 0.15) is 0 Å². The summed E-state index contributed by atoms with van der Waals surface area (Å²) >= 11 is 0. The van der Waals surface area contributed by atoms with E-state index in [-0.39, 0.29) is 0 Å². The SMILES string of the molecule is CC(=O)N[C@@](C)(NC(=O)c1ccccc1)C(=O)O. The molecular formula is C12H14N2O4. The first-order chi connectivity index (χ1) is 8.35. The fourth-order valence-electron chi connectivity index (χ4n) is 1.38. The van der Waals surface area contributed by atoms with Crippen molar-refractivity contribution in [1.29, 1.82) is 0 Å². The maximum Gasteiger partial charge on any atom is 0.350 e. The lowest BCUT2D eigenvalue weighted by Crippen LogP contribution is -2.63. The van der Waals surface area contributed by atoms with Crippen LogP contribution in [0.25, 0.3) is 0 Å². The minimum absolute atomic E-state index is 0.315. The van der Waals surface area contributed by atoms with E-state index in [9.17, 15) is 14.4 Å². The Morgan fingerprint density at radius 3 is 2.11 bits per heavy atom. The molecule has 96 valence electrons. The lowest BCUT2D eigenvalue weighted by atomic mass is 10.1. The molecule has 6 nitrogen and oxygen atoms in total. The van der Waals surface area contributed by atoms with Crippen molar-refractivity contribution in [3.63, 3.8) is 0 Å². The zero-order valence-corrected chi connectivity index (χ0v) is 10.1. The van der Waals surface area contributed by atoms with E-state index in [1.54, 1.807) is 30.3 Å². The van der Waals surface area contributed by atoms with Crippen molar-refractivity contribution in [2.24, 2.45) is 0 Å². The maximum absolute atomic E-state index is 11.8. The Morgan fingerprint density at radius 2 is 1.67 bits per heavy atom. The van der Waals surface area contributed by atoms with E-state index in [1.807, 2.05) is 0 Å². The van der Waals surface area contributed by atoms with Gasteiger partial charge in [-0.05, 0) is 19.1 Å². The minimum Gasteiger partial charge on any atom is -0.478 e. The van der Waals surface area contributed by atoms with Gasteiger partial charge < -0.3 is 15.7 Å². The summed E-state index contributed by atoms with van der Waals surface area (Å²) in [6, 6.07) is 8.15. The number of amides is 2. The van der Waals surface area contributed by atoms with Gasteiger partial charge in [-0.3, -0.25) is 9.59 Å². The summed E-state index contributed by atoms with van der Waals surface area (Å²) in [6.45, 7) is 2.38. The zero-order chi connectivity index (χ0) is 13.8. The van der Waals surface area contributed by atoms with Crippen LogP contribution in [-0.4, -0.2) is 28.6 Å². The highest BCUT2D eigenvalue weighted by molar-refractivity contribution is 5.98. The Hall–Kier alpha value is -2.37. The highest BCUT2D eigenvalue weighted by atomic mass is 16.4. The molecule has 1 aromatic carbocycles. The van der Waals surface area contributed by atoms with Gasteiger partial charge in [-0.1, -0.05) is 18.2 Å². The first-order valence-corrected chi connectivity index (χ1v) is 5.25. The van der Waals surface area contributed by atoms with Gasteiger partial charge in [0, 0.05) is 12.5 Å². The number of carboxylic acid groups (broad SMARTS) is 1. The second-order valence-corrected chi connectivity index (χ2v) is 3.93. The number of benzene rings is 1. The average Bonchev–Trinajstić information content (AvgIpc) is 2.28. The van der Waals surface area contributed by atoms with Gasteiger partial charge in [-0.15, -0.1) is 0 Å². The summed E-state index contributed by atoms with van der Waals surface area (Å²) < 4.78 is 0. The van der Waals surface area contributed by atoms with Crippen LogP contribution in [0.5, 0.6) is 0 Å². The Morgan fingerprint density at radius 1 is 1.11 bits per heavy atom. The van der Waals surface area contributed by atoms with Crippen LogP contribution in [0.4, 0.5) is 0 Å². The number of carbonyl (C=O) groups is 3. The molecule has 0 aliphatic carbocycles. The lowest BCUT2D eigenvalue weighted by molar-refractivity contribution is -0.147. The molecule has 1 atom stereocenters. The molecule has 0 aromatic heterocycles. The molecule has 18 heavy (non-hydrogen) atoms. The molecule has 0 bridgehead atoms. The van der Waals surface area contributed by atoms with E-state index in [4.69, 9.17) is 5.11 Å². The summed E-state index contributed by atoms with van der Waals surface area (Å²) in [4.78, 5) is 33.9. The molecule has 0 spiro atoms. The molecule has 3 N–H and O–H groups in total. The molecule has 0 aliphatic rings. The summed E-state index contributed by atoms with van der Waals surface area (Å²) in [5.41, 5.74) is -1.52. The topological polar surface area (TPSA) is 95.5 Å². The number of carboxylic acids is 1. The predicted molar refractivity (Wildman–Crippen MR) is 63.8 cm³/mol. The average molecular weight is 250 g/mol. The quantitative estimate of drug-likeness (QED) is 0.672. The van der Waals surface area contributed by atoms with E-state index in [1.165, 1.54) is 13.8 Å². The van der Waals surface area contributed by atoms with E-state index in [2.05, 4.69) is 10.6 Å². The van der Waals surface area contributed by atoms with Gasteiger partial charge >= 0.3 is 5.97 Å². The predicted octanol–water partition coefficient (Wildman–Crippen LogP) is 0.353. The summed E-state index contributed by atoms with van der Waals surface area (Å²) in [5.74, 6) is -2.47. The third-order valence-electron chi connectivity index (χ3n) is 2.25. The van der Waals surface area contributed by atoms with Crippen LogP contribution < -0.4 is 10.6 Å². The molecule has 0 saturated carbocycles. The second-order valence-electron chi connectivity index (χ2n) is 3.93. The number of nitrogens with one attached hydrogen (secondary N) is 2. The first kappa shape index (κ1) is 13.7. The van der Waals surface area contributed by atoms with Gasteiger partial charge in [-0.25, -0.2) is 4.79 Å². The van der Waals surface area contributed by atoms with E-state index < -0.39 is 23.4 Å². The summed E-state index contributed by atoms with van der Waals surface area (Å²) in [6.07, 6.45) is 0. The largest absolute Gasteiger partial charge is 0.478 e. The number of hydrogen-bond donors (Lipinski definition) is 3.